The molecule has 2 atom stereocenters. The zero-order valence-electron chi connectivity index (χ0n) is 10.9. The van der Waals surface area contributed by atoms with Crippen molar-refractivity contribution in [3.8, 4) is 0 Å². The summed E-state index contributed by atoms with van der Waals surface area (Å²) in [5.74, 6) is -1.76. The highest BCUT2D eigenvalue weighted by Gasteiger charge is 2.21. The second-order valence-corrected chi connectivity index (χ2v) is 5.76. The summed E-state index contributed by atoms with van der Waals surface area (Å²) in [7, 11) is -1.45. The van der Waals surface area contributed by atoms with E-state index in [0.29, 0.717) is 0 Å². The lowest BCUT2D eigenvalue weighted by Crippen LogP contribution is -2.43. The molecule has 0 aliphatic carbocycles. The van der Waals surface area contributed by atoms with E-state index in [1.165, 1.54) is 17.6 Å². The van der Waals surface area contributed by atoms with Gasteiger partial charge in [-0.15, -0.1) is 0 Å². The lowest BCUT2D eigenvalue weighted by molar-refractivity contribution is -0.140. The third-order valence-corrected chi connectivity index (χ3v) is 3.83. The zero-order chi connectivity index (χ0) is 15.1. The summed E-state index contributed by atoms with van der Waals surface area (Å²) < 4.78 is 13.2. The molecule has 1 unspecified atom stereocenters. The van der Waals surface area contributed by atoms with Crippen LogP contribution in [0, 0.1) is 0 Å². The number of nitrogens with one attached hydrogen (secondary N) is 1. The van der Waals surface area contributed by atoms with Crippen LogP contribution in [-0.2, 0) is 26.9 Å². The van der Waals surface area contributed by atoms with Gasteiger partial charge in [0.15, 0.2) is 0 Å². The van der Waals surface area contributed by atoms with Gasteiger partial charge in [-0.05, 0) is 6.07 Å². The van der Waals surface area contributed by atoms with Crippen LogP contribution in [0.25, 0.3) is 0 Å². The highest BCUT2D eigenvalue weighted by molar-refractivity contribution is 7.85. The number of amides is 1. The molecule has 0 saturated heterocycles. The highest BCUT2D eigenvalue weighted by Crippen LogP contribution is 1.94. The summed E-state index contributed by atoms with van der Waals surface area (Å²) in [6.45, 7) is 1.43. The maximum Gasteiger partial charge on any atom is 0.327 e. The number of carboxylic acid groups (broad SMARTS) is 1. The summed E-state index contributed by atoms with van der Waals surface area (Å²) >= 11 is 0. The predicted octanol–water partition coefficient (Wildman–Crippen LogP) is -0.814. The van der Waals surface area contributed by atoms with Gasteiger partial charge in [0.2, 0.25) is 5.91 Å². The molecule has 7 nitrogen and oxygen atoms in total. The molecule has 20 heavy (non-hydrogen) atoms. The van der Waals surface area contributed by atoms with Crippen LogP contribution in [0.4, 0.5) is 0 Å². The van der Waals surface area contributed by atoms with Gasteiger partial charge >= 0.3 is 5.97 Å². The number of carbonyl (C=O) groups is 2. The Hall–Kier alpha value is -1.96. The molecule has 110 valence electrons. The molecule has 1 aromatic rings. The molecular weight excluding hydrogens is 284 g/mol. The Bertz CT molecular complexity index is 569. The number of aromatic nitrogens is 1. The van der Waals surface area contributed by atoms with Gasteiger partial charge in [-0.2, -0.15) is 0 Å². The molecule has 1 amide bonds. The van der Waals surface area contributed by atoms with Gasteiger partial charge in [0.25, 0.3) is 5.56 Å². The fourth-order valence-corrected chi connectivity index (χ4v) is 2.70. The monoisotopic (exact) mass is 300 g/mol. The van der Waals surface area contributed by atoms with Crippen molar-refractivity contribution < 1.29 is 18.9 Å². The Morgan fingerprint density at radius 1 is 1.45 bits per heavy atom. The first-order chi connectivity index (χ1) is 9.40. The van der Waals surface area contributed by atoms with Crippen molar-refractivity contribution >= 4 is 22.7 Å². The lowest BCUT2D eigenvalue weighted by atomic mass is 10.3. The van der Waals surface area contributed by atoms with Gasteiger partial charge in [0.05, 0.1) is 5.75 Å². The minimum atomic E-state index is -1.45. The standard InChI is InChI=1S/C12H16N2O5S/c1-9(15)13-10(12(17)18)8-20(19)7-6-14-5-3-2-4-11(14)16/h2-5,10H,6-8H2,1H3,(H,13,15)(H,17,18)/t10-,20?/m0/s1. The minimum Gasteiger partial charge on any atom is -0.480 e. The molecule has 0 aliphatic heterocycles. The summed E-state index contributed by atoms with van der Waals surface area (Å²) in [4.78, 5) is 33.2. The summed E-state index contributed by atoms with van der Waals surface area (Å²) in [5.41, 5.74) is -0.207. The Morgan fingerprint density at radius 2 is 2.15 bits per heavy atom. The Balaban J connectivity index is 2.54. The van der Waals surface area contributed by atoms with E-state index in [4.69, 9.17) is 5.11 Å². The first-order valence-electron chi connectivity index (χ1n) is 5.90. The van der Waals surface area contributed by atoms with Crippen molar-refractivity contribution in [2.75, 3.05) is 11.5 Å². The van der Waals surface area contributed by atoms with Gasteiger partial charge in [-0.1, -0.05) is 6.07 Å². The zero-order valence-corrected chi connectivity index (χ0v) is 11.8. The largest absolute Gasteiger partial charge is 0.480 e. The van der Waals surface area contributed by atoms with Gasteiger partial charge < -0.3 is 15.0 Å². The van der Waals surface area contributed by atoms with E-state index in [-0.39, 0.29) is 23.6 Å². The van der Waals surface area contributed by atoms with Crippen LogP contribution in [0.3, 0.4) is 0 Å². The van der Waals surface area contributed by atoms with Crippen LogP contribution in [0.15, 0.2) is 29.2 Å². The minimum absolute atomic E-state index is 0.146. The van der Waals surface area contributed by atoms with Gasteiger partial charge in [0.1, 0.15) is 6.04 Å². The van der Waals surface area contributed by atoms with Crippen molar-refractivity contribution in [2.24, 2.45) is 0 Å². The van der Waals surface area contributed by atoms with E-state index in [0.717, 1.165) is 0 Å². The van der Waals surface area contributed by atoms with Crippen molar-refractivity contribution in [2.45, 2.75) is 19.5 Å². The highest BCUT2D eigenvalue weighted by atomic mass is 32.2. The van der Waals surface area contributed by atoms with Gasteiger partial charge in [-0.25, -0.2) is 4.79 Å². The normalized spacial score (nSPS) is 13.4. The van der Waals surface area contributed by atoms with Crippen molar-refractivity contribution in [3.63, 3.8) is 0 Å². The summed E-state index contributed by atoms with van der Waals surface area (Å²) in [5, 5.41) is 11.1. The fourth-order valence-electron chi connectivity index (χ4n) is 1.53. The molecule has 0 fully saturated rings. The van der Waals surface area contributed by atoms with E-state index in [9.17, 15) is 18.6 Å². The number of rotatable bonds is 7. The van der Waals surface area contributed by atoms with E-state index in [1.807, 2.05) is 0 Å². The van der Waals surface area contributed by atoms with Crippen LogP contribution in [0.1, 0.15) is 6.92 Å². The van der Waals surface area contributed by atoms with E-state index in [1.54, 1.807) is 18.3 Å². The number of aliphatic carboxylic acids is 1. The van der Waals surface area contributed by atoms with E-state index < -0.39 is 28.7 Å². The molecule has 0 aromatic carbocycles. The Labute approximate surface area is 118 Å². The molecule has 0 radical (unpaired) electrons. The molecule has 0 spiro atoms. The average Bonchev–Trinajstić information content (AvgIpc) is 2.36. The van der Waals surface area contributed by atoms with E-state index in [2.05, 4.69) is 5.32 Å². The Kier molecular flexibility index (Phi) is 6.10. The number of hydrogen-bond donors (Lipinski definition) is 2. The summed E-state index contributed by atoms with van der Waals surface area (Å²) in [6.07, 6.45) is 1.57. The first-order valence-corrected chi connectivity index (χ1v) is 7.39. The fraction of sp³-hybridized carbons (Fsp3) is 0.417. The maximum absolute atomic E-state index is 11.8. The Morgan fingerprint density at radius 3 is 2.70 bits per heavy atom. The molecule has 1 rings (SSSR count). The second kappa shape index (κ2) is 7.59. The van der Waals surface area contributed by atoms with Crippen LogP contribution < -0.4 is 10.9 Å². The topological polar surface area (TPSA) is 105 Å². The van der Waals surface area contributed by atoms with Crippen molar-refractivity contribution in [1.82, 2.24) is 9.88 Å². The second-order valence-electron chi connectivity index (χ2n) is 4.13. The molecule has 8 heteroatoms. The van der Waals surface area contributed by atoms with Crippen molar-refractivity contribution in [1.29, 1.82) is 0 Å². The first kappa shape index (κ1) is 16.1. The molecule has 0 aliphatic rings. The van der Waals surface area contributed by atoms with Crippen LogP contribution in [0.2, 0.25) is 0 Å². The van der Waals surface area contributed by atoms with Crippen LogP contribution in [0.5, 0.6) is 0 Å². The number of carboxylic acids is 1. The molecule has 1 aromatic heterocycles. The molecule has 1 heterocycles. The molecule has 0 saturated carbocycles. The smallest absolute Gasteiger partial charge is 0.327 e. The average molecular weight is 300 g/mol. The third-order valence-electron chi connectivity index (χ3n) is 2.49. The van der Waals surface area contributed by atoms with Crippen LogP contribution >= 0.6 is 0 Å². The number of aryl methyl sites for hydroxylation is 1. The molecule has 0 bridgehead atoms. The molecule has 2 N–H and O–H groups in total. The van der Waals surface area contributed by atoms with Crippen LogP contribution in [-0.4, -0.2) is 43.3 Å². The van der Waals surface area contributed by atoms with Crippen molar-refractivity contribution in [3.05, 3.63) is 34.7 Å². The van der Waals surface area contributed by atoms with Gasteiger partial charge in [0, 0.05) is 42.3 Å². The number of pyridine rings is 1. The molecular formula is C12H16N2O5S. The quantitative estimate of drug-likeness (QED) is 0.685. The lowest BCUT2D eigenvalue weighted by Gasteiger charge is -2.13. The van der Waals surface area contributed by atoms with Gasteiger partial charge in [-0.3, -0.25) is 13.8 Å². The number of nitrogens with zero attached hydrogens (tertiary/aromatic N) is 1. The number of carbonyl (C=O) groups excluding carboxylic acids is 1. The predicted molar refractivity (Wildman–Crippen MR) is 73.8 cm³/mol. The number of hydrogen-bond acceptors (Lipinski definition) is 4. The summed E-state index contributed by atoms with van der Waals surface area (Å²) in [6, 6.07) is 3.50. The van der Waals surface area contributed by atoms with E-state index >= 15 is 0 Å². The third kappa shape index (κ3) is 5.35. The SMILES string of the molecule is CC(=O)N[C@@H](CS(=O)CCn1ccccc1=O)C(=O)O. The maximum atomic E-state index is 11.8.